The number of nitrogens with zero attached hydrogens (tertiary/aromatic N) is 3. The summed E-state index contributed by atoms with van der Waals surface area (Å²) in [4.78, 5) is 16.4. The van der Waals surface area contributed by atoms with E-state index in [1.807, 2.05) is 33.0 Å². The predicted molar refractivity (Wildman–Crippen MR) is 95.0 cm³/mol. The molecule has 3 aromatic rings. The van der Waals surface area contributed by atoms with Gasteiger partial charge in [0.1, 0.15) is 0 Å². The molecule has 0 radical (unpaired) electrons. The maximum Gasteiger partial charge on any atom is 0.250 e. The van der Waals surface area contributed by atoms with Crippen molar-refractivity contribution in [3.05, 3.63) is 46.2 Å². The van der Waals surface area contributed by atoms with Gasteiger partial charge in [0.25, 0.3) is 0 Å². The van der Waals surface area contributed by atoms with Gasteiger partial charge >= 0.3 is 0 Å². The van der Waals surface area contributed by atoms with Gasteiger partial charge in [0.2, 0.25) is 5.91 Å². The van der Waals surface area contributed by atoms with Gasteiger partial charge in [-0.05, 0) is 38.1 Å². The Labute approximate surface area is 142 Å². The zero-order chi connectivity index (χ0) is 16.6. The quantitative estimate of drug-likeness (QED) is 0.730. The first-order chi connectivity index (χ1) is 10.9. The highest BCUT2D eigenvalue weighted by atomic mass is 35.5. The number of thiazole rings is 1. The molecular weight excluding hydrogens is 332 g/mol. The number of fused-ring (bicyclic) bond motifs is 1. The number of benzene rings is 1. The fourth-order valence-corrected chi connectivity index (χ4v) is 3.43. The number of hydrogen-bond donors (Lipinski definition) is 1. The van der Waals surface area contributed by atoms with Gasteiger partial charge in [-0.3, -0.25) is 14.8 Å². The summed E-state index contributed by atoms with van der Waals surface area (Å²) < 4.78 is 2.74. The summed E-state index contributed by atoms with van der Waals surface area (Å²) in [6.07, 6.45) is 3.27. The summed E-state index contributed by atoms with van der Waals surface area (Å²) >= 11 is 7.35. The van der Waals surface area contributed by atoms with Crippen molar-refractivity contribution in [1.82, 2.24) is 14.8 Å². The van der Waals surface area contributed by atoms with Crippen LogP contribution >= 0.6 is 22.9 Å². The maximum atomic E-state index is 12.1. The number of nitrogens with one attached hydrogen (secondary N) is 1. The Morgan fingerprint density at radius 2 is 2.17 bits per heavy atom. The first-order valence-electron chi connectivity index (χ1n) is 6.99. The molecule has 3 rings (SSSR count). The number of aromatic nitrogens is 3. The molecule has 0 aliphatic rings. The fraction of sp³-hybridized carbons (Fsp3) is 0.188. The molecule has 23 heavy (non-hydrogen) atoms. The second-order valence-electron chi connectivity index (χ2n) is 5.16. The first kappa shape index (κ1) is 15.7. The van der Waals surface area contributed by atoms with Crippen molar-refractivity contribution >= 4 is 50.3 Å². The van der Waals surface area contributed by atoms with E-state index in [0.29, 0.717) is 10.2 Å². The van der Waals surface area contributed by atoms with E-state index in [9.17, 15) is 4.79 Å². The number of rotatable bonds is 3. The van der Waals surface area contributed by atoms with Crippen LogP contribution in [-0.4, -0.2) is 20.7 Å². The summed E-state index contributed by atoms with van der Waals surface area (Å²) in [7, 11) is 1.88. The highest BCUT2D eigenvalue weighted by molar-refractivity contribution is 7.22. The minimum Gasteiger partial charge on any atom is -0.298 e. The summed E-state index contributed by atoms with van der Waals surface area (Å²) in [5.41, 5.74) is 3.68. The smallest absolute Gasteiger partial charge is 0.250 e. The number of aryl methyl sites for hydroxylation is 2. The molecule has 2 heterocycles. The van der Waals surface area contributed by atoms with Crippen LogP contribution in [0.2, 0.25) is 5.02 Å². The van der Waals surface area contributed by atoms with Gasteiger partial charge in [-0.25, -0.2) is 4.98 Å². The lowest BCUT2D eigenvalue weighted by atomic mass is 10.2. The molecule has 0 fully saturated rings. The van der Waals surface area contributed by atoms with Gasteiger partial charge in [-0.1, -0.05) is 22.9 Å². The lowest BCUT2D eigenvalue weighted by Crippen LogP contribution is -2.07. The second-order valence-corrected chi connectivity index (χ2v) is 6.63. The van der Waals surface area contributed by atoms with Crippen LogP contribution in [0.4, 0.5) is 5.13 Å². The highest BCUT2D eigenvalue weighted by Crippen LogP contribution is 2.28. The third kappa shape index (κ3) is 3.28. The fourth-order valence-electron chi connectivity index (χ4n) is 2.29. The third-order valence-electron chi connectivity index (χ3n) is 3.55. The Kier molecular flexibility index (Phi) is 4.19. The number of halogens is 1. The normalized spacial score (nSPS) is 11.5. The lowest BCUT2D eigenvalue weighted by molar-refractivity contribution is -0.111. The second kappa shape index (κ2) is 6.14. The molecule has 0 atom stereocenters. The number of anilines is 1. The van der Waals surface area contributed by atoms with Gasteiger partial charge in [0.15, 0.2) is 5.13 Å². The van der Waals surface area contributed by atoms with E-state index in [4.69, 9.17) is 11.6 Å². The topological polar surface area (TPSA) is 59.8 Å². The monoisotopic (exact) mass is 346 g/mol. The summed E-state index contributed by atoms with van der Waals surface area (Å²) in [5, 5.41) is 8.31. The summed E-state index contributed by atoms with van der Waals surface area (Å²) in [6.45, 7) is 3.89. The minimum atomic E-state index is -0.224. The average Bonchev–Trinajstić information content (AvgIpc) is 2.98. The van der Waals surface area contributed by atoms with E-state index >= 15 is 0 Å². The van der Waals surface area contributed by atoms with Gasteiger partial charge in [0, 0.05) is 29.4 Å². The van der Waals surface area contributed by atoms with Crippen molar-refractivity contribution in [2.75, 3.05) is 5.32 Å². The number of carbonyl (C=O) groups is 1. The van der Waals surface area contributed by atoms with Crippen LogP contribution in [0.1, 0.15) is 17.0 Å². The SMILES string of the molecule is Cc1nn(C)c(C)c1/C=C/C(=O)Nc1nc2ccc(Cl)cc2s1. The molecule has 0 aliphatic carbocycles. The van der Waals surface area contributed by atoms with Gasteiger partial charge in [0.05, 0.1) is 15.9 Å². The molecule has 0 unspecified atom stereocenters. The number of hydrogen-bond acceptors (Lipinski definition) is 4. The molecule has 1 N–H and O–H groups in total. The van der Waals surface area contributed by atoms with Crippen LogP contribution in [0.25, 0.3) is 16.3 Å². The van der Waals surface area contributed by atoms with Crippen LogP contribution in [0, 0.1) is 13.8 Å². The number of carbonyl (C=O) groups excluding carboxylic acids is 1. The molecule has 118 valence electrons. The first-order valence-corrected chi connectivity index (χ1v) is 8.19. The molecule has 5 nitrogen and oxygen atoms in total. The summed E-state index contributed by atoms with van der Waals surface area (Å²) in [5.74, 6) is -0.224. The van der Waals surface area contributed by atoms with E-state index in [1.165, 1.54) is 17.4 Å². The van der Waals surface area contributed by atoms with Crippen LogP contribution < -0.4 is 5.32 Å². The molecule has 1 aromatic carbocycles. The van der Waals surface area contributed by atoms with E-state index < -0.39 is 0 Å². The Hall–Kier alpha value is -2.18. The summed E-state index contributed by atoms with van der Waals surface area (Å²) in [6, 6.07) is 5.45. The van der Waals surface area contributed by atoms with Gasteiger partial charge in [-0.2, -0.15) is 5.10 Å². The van der Waals surface area contributed by atoms with E-state index in [1.54, 1.807) is 16.8 Å². The highest BCUT2D eigenvalue weighted by Gasteiger charge is 2.08. The van der Waals surface area contributed by atoms with Gasteiger partial charge in [-0.15, -0.1) is 0 Å². The molecule has 0 spiro atoms. The maximum absolute atomic E-state index is 12.1. The largest absolute Gasteiger partial charge is 0.298 e. The Balaban J connectivity index is 1.76. The molecule has 0 saturated heterocycles. The van der Waals surface area contributed by atoms with Crippen LogP contribution in [0.15, 0.2) is 24.3 Å². The van der Waals surface area contributed by atoms with Crippen LogP contribution in [0.5, 0.6) is 0 Å². The molecule has 0 bridgehead atoms. The zero-order valence-electron chi connectivity index (χ0n) is 12.9. The van der Waals surface area contributed by atoms with Crippen LogP contribution in [0.3, 0.4) is 0 Å². The molecular formula is C16H15ClN4OS. The Morgan fingerprint density at radius 3 is 2.87 bits per heavy atom. The number of amides is 1. The molecule has 0 saturated carbocycles. The van der Waals surface area contributed by atoms with Crippen molar-refractivity contribution in [3.63, 3.8) is 0 Å². The molecule has 1 amide bonds. The van der Waals surface area contributed by atoms with Gasteiger partial charge < -0.3 is 0 Å². The standard InChI is InChI=1S/C16H15ClN4OS/c1-9-12(10(2)21(3)20-9)5-7-15(22)19-16-18-13-6-4-11(17)8-14(13)23-16/h4-8H,1-3H3,(H,18,19,22)/b7-5+. The molecule has 0 aliphatic heterocycles. The Morgan fingerprint density at radius 1 is 1.39 bits per heavy atom. The van der Waals surface area contributed by atoms with Crippen LogP contribution in [-0.2, 0) is 11.8 Å². The van der Waals surface area contributed by atoms with E-state index in [-0.39, 0.29) is 5.91 Å². The minimum absolute atomic E-state index is 0.224. The average molecular weight is 347 g/mol. The van der Waals surface area contributed by atoms with Crippen molar-refractivity contribution in [2.45, 2.75) is 13.8 Å². The van der Waals surface area contributed by atoms with Crippen molar-refractivity contribution < 1.29 is 4.79 Å². The van der Waals surface area contributed by atoms with E-state index in [0.717, 1.165) is 27.2 Å². The Bertz CT molecular complexity index is 926. The zero-order valence-corrected chi connectivity index (χ0v) is 14.5. The lowest BCUT2D eigenvalue weighted by Gasteiger charge is -1.96. The third-order valence-corrected chi connectivity index (χ3v) is 4.72. The van der Waals surface area contributed by atoms with Crippen molar-refractivity contribution in [1.29, 1.82) is 0 Å². The van der Waals surface area contributed by atoms with Crippen molar-refractivity contribution in [2.24, 2.45) is 7.05 Å². The van der Waals surface area contributed by atoms with Crippen molar-refractivity contribution in [3.8, 4) is 0 Å². The predicted octanol–water partition coefficient (Wildman–Crippen LogP) is 3.95. The van der Waals surface area contributed by atoms with E-state index in [2.05, 4.69) is 15.4 Å². The molecule has 2 aromatic heterocycles. The molecule has 7 heteroatoms.